The zero-order chi connectivity index (χ0) is 22.9. The van der Waals surface area contributed by atoms with Gasteiger partial charge in [-0.25, -0.2) is 8.42 Å². The molecule has 1 saturated heterocycles. The van der Waals surface area contributed by atoms with Crippen LogP contribution in [0.5, 0.6) is 0 Å². The van der Waals surface area contributed by atoms with Crippen LogP contribution in [0.4, 0.5) is 5.69 Å². The number of aliphatic imine (C=N–C) groups is 1. The first-order valence-corrected chi connectivity index (χ1v) is 12.5. The summed E-state index contributed by atoms with van der Waals surface area (Å²) in [6, 6.07) is 14.4. The van der Waals surface area contributed by atoms with Gasteiger partial charge in [-0.3, -0.25) is 14.5 Å². The van der Waals surface area contributed by atoms with Crippen LogP contribution in [-0.2, 0) is 14.8 Å². The molecule has 2 aromatic carbocycles. The Morgan fingerprint density at radius 2 is 1.69 bits per heavy atom. The summed E-state index contributed by atoms with van der Waals surface area (Å²) >= 11 is 0. The van der Waals surface area contributed by atoms with Gasteiger partial charge >= 0.3 is 0 Å². The number of anilines is 1. The van der Waals surface area contributed by atoms with Crippen molar-refractivity contribution in [2.45, 2.75) is 38.1 Å². The minimum Gasteiger partial charge on any atom is -0.368 e. The fourth-order valence-electron chi connectivity index (χ4n) is 4.34. The molecule has 4 rings (SSSR count). The molecule has 1 atom stereocenters. The molecule has 2 aliphatic rings. The smallest absolute Gasteiger partial charge is 0.263 e. The average molecular weight is 455 g/mol. The third-order valence-corrected chi connectivity index (χ3v) is 7.37. The number of amidine groups is 1. The molecule has 0 radical (unpaired) electrons. The van der Waals surface area contributed by atoms with E-state index in [2.05, 4.69) is 33.7 Å². The van der Waals surface area contributed by atoms with E-state index in [1.165, 1.54) is 11.3 Å². The van der Waals surface area contributed by atoms with Gasteiger partial charge in [0.05, 0.1) is 4.90 Å². The van der Waals surface area contributed by atoms with Gasteiger partial charge in [-0.05, 0) is 43.0 Å². The second-order valence-electron chi connectivity index (χ2n) is 8.82. The lowest BCUT2D eigenvalue weighted by molar-refractivity contribution is -0.133. The number of amides is 1. The molecule has 0 spiro atoms. The van der Waals surface area contributed by atoms with Crippen molar-refractivity contribution in [3.8, 4) is 0 Å². The number of hydrogen-bond donors (Lipinski definition) is 1. The molecular formula is C24H30N4O3S. The highest BCUT2D eigenvalue weighted by atomic mass is 32.2. The van der Waals surface area contributed by atoms with Crippen molar-refractivity contribution in [3.63, 3.8) is 0 Å². The molecule has 1 fully saturated rings. The molecule has 0 aromatic heterocycles. The van der Waals surface area contributed by atoms with Crippen molar-refractivity contribution in [2.24, 2.45) is 10.9 Å². The van der Waals surface area contributed by atoms with E-state index in [0.29, 0.717) is 25.1 Å². The quantitative estimate of drug-likeness (QED) is 0.753. The molecule has 32 heavy (non-hydrogen) atoms. The van der Waals surface area contributed by atoms with Gasteiger partial charge in [0, 0.05) is 37.4 Å². The first-order valence-electron chi connectivity index (χ1n) is 11.1. The Morgan fingerprint density at radius 3 is 2.38 bits per heavy atom. The minimum atomic E-state index is -3.63. The summed E-state index contributed by atoms with van der Waals surface area (Å²) in [5.41, 5.74) is 2.96. The number of hydrogen-bond acceptors (Lipinski definition) is 5. The Balaban J connectivity index is 1.53. The number of carbonyl (C=O) groups excluding carboxylic acids is 1. The molecule has 1 unspecified atom stereocenters. The maximum Gasteiger partial charge on any atom is 0.263 e. The first-order chi connectivity index (χ1) is 15.3. The van der Waals surface area contributed by atoms with Crippen LogP contribution in [-0.4, -0.2) is 57.3 Å². The zero-order valence-corrected chi connectivity index (χ0v) is 19.6. The van der Waals surface area contributed by atoms with Gasteiger partial charge in [-0.15, -0.1) is 0 Å². The standard InChI is InChI=1S/C24H30N4O3S/c1-17(2)16-20(25-23-19-9-5-7-11-22(19)32(30,31)26-23)24(29)28-14-12-27(13-15-28)21-10-6-4-8-18(21)3/h4-11,17,20H,12-16H2,1-3H3,(H,25,26). The number of nitrogens with zero attached hydrogens (tertiary/aromatic N) is 3. The average Bonchev–Trinajstić information content (AvgIpc) is 3.03. The molecule has 2 aromatic rings. The SMILES string of the molecule is Cc1ccccc1N1CCN(C(=O)C(CC(C)C)N=C2NS(=O)(=O)c3ccccc32)CC1. The van der Waals surface area contributed by atoms with Crippen molar-refractivity contribution in [1.29, 1.82) is 0 Å². The lowest BCUT2D eigenvalue weighted by Crippen LogP contribution is -2.51. The Kier molecular flexibility index (Phi) is 6.24. The number of rotatable bonds is 5. The summed E-state index contributed by atoms with van der Waals surface area (Å²) in [7, 11) is -3.63. The number of benzene rings is 2. The second-order valence-corrected chi connectivity index (χ2v) is 10.5. The highest BCUT2D eigenvalue weighted by Crippen LogP contribution is 2.25. The monoisotopic (exact) mass is 454 g/mol. The lowest BCUT2D eigenvalue weighted by Gasteiger charge is -2.38. The van der Waals surface area contributed by atoms with Crippen LogP contribution in [0.1, 0.15) is 31.4 Å². The lowest BCUT2D eigenvalue weighted by atomic mass is 10.0. The van der Waals surface area contributed by atoms with Crippen LogP contribution in [0.25, 0.3) is 0 Å². The second kappa shape index (κ2) is 8.94. The summed E-state index contributed by atoms with van der Waals surface area (Å²) in [5, 5.41) is 0. The predicted octanol–water partition coefficient (Wildman–Crippen LogP) is 2.80. The van der Waals surface area contributed by atoms with E-state index in [1.54, 1.807) is 24.3 Å². The molecule has 1 N–H and O–H groups in total. The van der Waals surface area contributed by atoms with Crippen molar-refractivity contribution >= 4 is 27.5 Å². The maximum absolute atomic E-state index is 13.4. The van der Waals surface area contributed by atoms with Gasteiger partial charge in [-0.1, -0.05) is 44.2 Å². The molecule has 0 aliphatic carbocycles. The Morgan fingerprint density at radius 1 is 1.03 bits per heavy atom. The third-order valence-electron chi connectivity index (χ3n) is 5.97. The topological polar surface area (TPSA) is 82.1 Å². The van der Waals surface area contributed by atoms with E-state index in [9.17, 15) is 13.2 Å². The summed E-state index contributed by atoms with van der Waals surface area (Å²) in [6.07, 6.45) is 0.560. The van der Waals surface area contributed by atoms with E-state index in [-0.39, 0.29) is 22.6 Å². The first kappa shape index (κ1) is 22.3. The Labute approximate surface area is 190 Å². The van der Waals surface area contributed by atoms with Gasteiger partial charge in [0.15, 0.2) is 0 Å². The molecule has 170 valence electrons. The van der Waals surface area contributed by atoms with Crippen LogP contribution in [0, 0.1) is 12.8 Å². The van der Waals surface area contributed by atoms with Gasteiger partial charge in [0.2, 0.25) is 5.91 Å². The summed E-state index contributed by atoms with van der Waals surface area (Å²) in [5.74, 6) is 0.465. The van der Waals surface area contributed by atoms with Crippen LogP contribution >= 0.6 is 0 Å². The van der Waals surface area contributed by atoms with Gasteiger partial charge < -0.3 is 9.80 Å². The van der Waals surface area contributed by atoms with E-state index < -0.39 is 16.1 Å². The number of nitrogens with one attached hydrogen (secondary N) is 1. The molecule has 1 amide bonds. The summed E-state index contributed by atoms with van der Waals surface area (Å²) in [4.78, 5) is 22.4. The summed E-state index contributed by atoms with van der Waals surface area (Å²) < 4.78 is 27.4. The number of para-hydroxylation sites is 1. The normalized spacial score (nSPS) is 19.7. The minimum absolute atomic E-state index is 0.0424. The maximum atomic E-state index is 13.4. The number of piperazine rings is 1. The van der Waals surface area contributed by atoms with Crippen molar-refractivity contribution in [3.05, 3.63) is 59.7 Å². The molecular weight excluding hydrogens is 424 g/mol. The van der Waals surface area contributed by atoms with Gasteiger partial charge in [0.25, 0.3) is 10.0 Å². The molecule has 8 heteroatoms. The van der Waals surface area contributed by atoms with Crippen molar-refractivity contribution in [2.75, 3.05) is 31.1 Å². The Hall–Kier alpha value is -2.87. The van der Waals surface area contributed by atoms with Crippen LogP contribution in [0.2, 0.25) is 0 Å². The fraction of sp³-hybridized carbons (Fsp3) is 0.417. The number of carbonyl (C=O) groups is 1. The fourth-order valence-corrected chi connectivity index (χ4v) is 5.58. The van der Waals surface area contributed by atoms with Gasteiger partial charge in [-0.2, -0.15) is 0 Å². The molecule has 0 bridgehead atoms. The van der Waals surface area contributed by atoms with E-state index >= 15 is 0 Å². The molecule has 2 heterocycles. The van der Waals surface area contributed by atoms with Crippen molar-refractivity contribution < 1.29 is 13.2 Å². The van der Waals surface area contributed by atoms with Crippen molar-refractivity contribution in [1.82, 2.24) is 9.62 Å². The van der Waals surface area contributed by atoms with Crippen LogP contribution in [0.3, 0.4) is 0 Å². The van der Waals surface area contributed by atoms with E-state index in [0.717, 1.165) is 13.1 Å². The molecule has 7 nitrogen and oxygen atoms in total. The number of sulfonamides is 1. The summed E-state index contributed by atoms with van der Waals surface area (Å²) in [6.45, 7) is 8.95. The number of aryl methyl sites for hydroxylation is 1. The van der Waals surface area contributed by atoms with E-state index in [1.807, 2.05) is 30.9 Å². The van der Waals surface area contributed by atoms with Gasteiger partial charge in [0.1, 0.15) is 11.9 Å². The molecule has 0 saturated carbocycles. The zero-order valence-electron chi connectivity index (χ0n) is 18.8. The van der Waals surface area contributed by atoms with E-state index in [4.69, 9.17) is 0 Å². The Bertz CT molecular complexity index is 1140. The number of fused-ring (bicyclic) bond motifs is 1. The molecule has 2 aliphatic heterocycles. The van der Waals surface area contributed by atoms with Crippen LogP contribution in [0.15, 0.2) is 58.4 Å². The van der Waals surface area contributed by atoms with Crippen LogP contribution < -0.4 is 9.62 Å². The highest BCUT2D eigenvalue weighted by Gasteiger charge is 2.33. The third kappa shape index (κ3) is 4.50. The highest BCUT2D eigenvalue weighted by molar-refractivity contribution is 7.90. The predicted molar refractivity (Wildman–Crippen MR) is 127 cm³/mol. The largest absolute Gasteiger partial charge is 0.368 e.